The van der Waals surface area contributed by atoms with Crippen molar-refractivity contribution in [3.8, 4) is 0 Å². The van der Waals surface area contributed by atoms with Gasteiger partial charge >= 0.3 is 5.97 Å². The van der Waals surface area contributed by atoms with Crippen LogP contribution in [-0.2, 0) is 9.53 Å². The molecule has 0 N–H and O–H groups in total. The smallest absolute Gasteiger partial charge is 0.311 e. The van der Waals surface area contributed by atoms with Gasteiger partial charge in [-0.3, -0.25) is 4.79 Å². The number of hydrogen-bond acceptors (Lipinski definition) is 2. The van der Waals surface area contributed by atoms with Crippen LogP contribution in [0.3, 0.4) is 0 Å². The summed E-state index contributed by atoms with van der Waals surface area (Å²) in [7, 11) is 0. The molecule has 0 aliphatic heterocycles. The van der Waals surface area contributed by atoms with Crippen LogP contribution in [0.15, 0.2) is 23.8 Å². The molecule has 25 heavy (non-hydrogen) atoms. The highest BCUT2D eigenvalue weighted by Gasteiger charge is 2.22. The van der Waals surface area contributed by atoms with Gasteiger partial charge in [0.05, 0.1) is 12.0 Å². The average Bonchev–Trinajstić information content (AvgIpc) is 2.58. The molecule has 0 unspecified atom stereocenters. The third kappa shape index (κ3) is 10.7. The van der Waals surface area contributed by atoms with Crippen LogP contribution in [-0.4, -0.2) is 18.5 Å². The second-order valence-electron chi connectivity index (χ2n) is 8.22. The zero-order valence-corrected chi connectivity index (χ0v) is 17.2. The summed E-state index contributed by atoms with van der Waals surface area (Å²) in [5.74, 6) is 1.37. The maximum absolute atomic E-state index is 11.8. The Kier molecular flexibility index (Phi) is 11.2. The Morgan fingerprint density at radius 1 is 1.12 bits per heavy atom. The molecule has 0 amide bonds. The Balaban J connectivity index is 2.40. The van der Waals surface area contributed by atoms with E-state index in [1.165, 1.54) is 37.7 Å². The van der Waals surface area contributed by atoms with E-state index in [-0.39, 0.29) is 5.97 Å². The molecule has 0 radical (unpaired) electrons. The van der Waals surface area contributed by atoms with Gasteiger partial charge in [-0.05, 0) is 71.6 Å². The number of hydrogen-bond donors (Lipinski definition) is 0. The second-order valence-corrected chi connectivity index (χ2v) is 8.59. The third-order valence-corrected chi connectivity index (χ3v) is 4.91. The highest BCUT2D eigenvalue weighted by Crippen LogP contribution is 2.27. The lowest BCUT2D eigenvalue weighted by molar-refractivity contribution is -0.153. The number of esters is 1. The van der Waals surface area contributed by atoms with E-state index < -0.39 is 5.41 Å². The van der Waals surface area contributed by atoms with E-state index in [9.17, 15) is 4.79 Å². The first-order valence-electron chi connectivity index (χ1n) is 10.0. The average molecular weight is 369 g/mol. The molecule has 0 aromatic heterocycles. The van der Waals surface area contributed by atoms with Crippen LogP contribution in [0, 0.1) is 11.3 Å². The second kappa shape index (κ2) is 12.6. The van der Waals surface area contributed by atoms with Gasteiger partial charge in [0.25, 0.3) is 0 Å². The van der Waals surface area contributed by atoms with Crippen LogP contribution in [0.2, 0.25) is 0 Å². The van der Waals surface area contributed by atoms with Crippen molar-refractivity contribution in [2.24, 2.45) is 11.3 Å². The van der Waals surface area contributed by atoms with Crippen molar-refractivity contribution in [2.75, 3.05) is 12.5 Å². The van der Waals surface area contributed by atoms with Gasteiger partial charge in [0.15, 0.2) is 0 Å². The van der Waals surface area contributed by atoms with Crippen LogP contribution in [0.5, 0.6) is 0 Å². The van der Waals surface area contributed by atoms with Crippen LogP contribution in [0.1, 0.15) is 85.0 Å². The molecule has 2 nitrogen and oxygen atoms in total. The van der Waals surface area contributed by atoms with Crippen LogP contribution < -0.4 is 0 Å². The summed E-state index contributed by atoms with van der Waals surface area (Å²) in [5.41, 5.74) is 1.04. The molecule has 0 saturated heterocycles. The number of allylic oxidation sites excluding steroid dienone is 4. The molecule has 1 saturated carbocycles. The van der Waals surface area contributed by atoms with Crippen molar-refractivity contribution in [2.45, 2.75) is 85.0 Å². The summed E-state index contributed by atoms with van der Waals surface area (Å²) in [6.07, 6.45) is 19.0. The molecular weight excluding hydrogens is 332 g/mol. The van der Waals surface area contributed by atoms with Gasteiger partial charge < -0.3 is 4.74 Å². The summed E-state index contributed by atoms with van der Waals surface area (Å²) < 4.78 is 5.36. The standard InChI is InChI=1S/C22H37ClO2/c1-22(2,3)21(24)25-17-11-9-15-20(14-8-5-10-16-23)18-19-12-6-4-7-13-19/h8,14,18-19H,4-7,9-13,15-17H2,1-3H3/b14-8+,20-18-. The predicted octanol–water partition coefficient (Wildman–Crippen LogP) is 6.83. The minimum atomic E-state index is -0.406. The lowest BCUT2D eigenvalue weighted by Gasteiger charge is -2.19. The minimum absolute atomic E-state index is 0.105. The molecule has 0 bridgehead atoms. The number of ether oxygens (including phenoxy) is 1. The first kappa shape index (κ1) is 22.3. The largest absolute Gasteiger partial charge is 0.465 e. The molecule has 0 aromatic rings. The fraction of sp³-hybridized carbons (Fsp3) is 0.773. The quantitative estimate of drug-likeness (QED) is 0.183. The van der Waals surface area contributed by atoms with Crippen molar-refractivity contribution in [3.05, 3.63) is 23.8 Å². The van der Waals surface area contributed by atoms with Gasteiger partial charge in [-0.25, -0.2) is 0 Å². The topological polar surface area (TPSA) is 26.3 Å². The summed E-state index contributed by atoms with van der Waals surface area (Å²) in [6, 6.07) is 0. The third-order valence-electron chi connectivity index (χ3n) is 4.64. The maximum Gasteiger partial charge on any atom is 0.311 e. The number of unbranched alkanes of at least 4 members (excludes halogenated alkanes) is 2. The van der Waals surface area contributed by atoms with Gasteiger partial charge in [-0.15, -0.1) is 11.6 Å². The van der Waals surface area contributed by atoms with Crippen molar-refractivity contribution in [3.63, 3.8) is 0 Å². The molecular formula is C22H37ClO2. The maximum atomic E-state index is 11.8. The summed E-state index contributed by atoms with van der Waals surface area (Å²) >= 11 is 5.76. The molecule has 0 heterocycles. The number of rotatable bonds is 10. The summed E-state index contributed by atoms with van der Waals surface area (Å²) in [6.45, 7) is 6.22. The minimum Gasteiger partial charge on any atom is -0.465 e. The first-order valence-corrected chi connectivity index (χ1v) is 10.6. The van der Waals surface area contributed by atoms with Gasteiger partial charge in [-0.1, -0.05) is 43.1 Å². The van der Waals surface area contributed by atoms with E-state index in [2.05, 4.69) is 18.2 Å². The van der Waals surface area contributed by atoms with Crippen LogP contribution in [0.25, 0.3) is 0 Å². The summed E-state index contributed by atoms with van der Waals surface area (Å²) in [5, 5.41) is 0. The van der Waals surface area contributed by atoms with Crippen molar-refractivity contribution in [1.82, 2.24) is 0 Å². The predicted molar refractivity (Wildman–Crippen MR) is 108 cm³/mol. The fourth-order valence-corrected chi connectivity index (χ4v) is 3.22. The zero-order chi connectivity index (χ0) is 18.5. The molecule has 144 valence electrons. The lowest BCUT2D eigenvalue weighted by atomic mass is 9.87. The number of carbonyl (C=O) groups excluding carboxylic acids is 1. The van der Waals surface area contributed by atoms with Gasteiger partial charge in [-0.2, -0.15) is 0 Å². The van der Waals surface area contributed by atoms with E-state index >= 15 is 0 Å². The van der Waals surface area contributed by atoms with Gasteiger partial charge in [0, 0.05) is 5.88 Å². The number of halogens is 1. The molecule has 0 aromatic carbocycles. The van der Waals surface area contributed by atoms with Gasteiger partial charge in [0.2, 0.25) is 0 Å². The Bertz CT molecular complexity index is 426. The number of alkyl halides is 1. The summed E-state index contributed by atoms with van der Waals surface area (Å²) in [4.78, 5) is 11.8. The molecule has 1 fully saturated rings. The fourth-order valence-electron chi connectivity index (χ4n) is 3.07. The normalized spacial score (nSPS) is 17.2. The SMILES string of the molecule is CC(C)(C)C(=O)OCCCCC(/C=C/CCCCl)=C\C1CCCCC1. The van der Waals surface area contributed by atoms with Crippen molar-refractivity contribution < 1.29 is 9.53 Å². The van der Waals surface area contributed by atoms with Crippen molar-refractivity contribution in [1.29, 1.82) is 0 Å². The molecule has 1 aliphatic carbocycles. The van der Waals surface area contributed by atoms with E-state index in [4.69, 9.17) is 16.3 Å². The monoisotopic (exact) mass is 368 g/mol. The lowest BCUT2D eigenvalue weighted by Crippen LogP contribution is -2.23. The molecule has 1 aliphatic rings. The zero-order valence-electron chi connectivity index (χ0n) is 16.5. The highest BCUT2D eigenvalue weighted by atomic mass is 35.5. The van der Waals surface area contributed by atoms with E-state index in [0.29, 0.717) is 6.61 Å². The van der Waals surface area contributed by atoms with E-state index in [0.717, 1.165) is 43.9 Å². The number of carbonyl (C=O) groups is 1. The highest BCUT2D eigenvalue weighted by molar-refractivity contribution is 6.17. The Labute approximate surface area is 160 Å². The Morgan fingerprint density at radius 3 is 2.48 bits per heavy atom. The van der Waals surface area contributed by atoms with E-state index in [1.54, 1.807) is 0 Å². The molecule has 0 spiro atoms. The van der Waals surface area contributed by atoms with E-state index in [1.807, 2.05) is 20.8 Å². The van der Waals surface area contributed by atoms with Crippen molar-refractivity contribution >= 4 is 17.6 Å². The van der Waals surface area contributed by atoms with Gasteiger partial charge in [0.1, 0.15) is 0 Å². The molecule has 0 atom stereocenters. The first-order chi connectivity index (χ1) is 11.9. The molecule has 3 heteroatoms. The Hall–Kier alpha value is -0.760. The van der Waals surface area contributed by atoms with Crippen LogP contribution >= 0.6 is 11.6 Å². The Morgan fingerprint density at radius 2 is 1.84 bits per heavy atom. The molecule has 1 rings (SSSR count). The van der Waals surface area contributed by atoms with Crippen LogP contribution in [0.4, 0.5) is 0 Å².